The average Bonchev–Trinajstić information content (AvgIpc) is 2.96. The summed E-state index contributed by atoms with van der Waals surface area (Å²) in [7, 11) is -4.17. The molecule has 4 rings (SSSR count). The smallest absolute Gasteiger partial charge is 0.264 e. The minimum absolute atomic E-state index is 0.0454. The molecule has 2 amide bonds. The number of carbonyl (C=O) groups excluding carboxylic acids is 2. The number of para-hydroxylation sites is 1. The summed E-state index contributed by atoms with van der Waals surface area (Å²) in [6.45, 7) is 5.17. The third-order valence-corrected chi connectivity index (χ3v) is 9.69. The Morgan fingerprint density at radius 3 is 2.10 bits per heavy atom. The number of nitrogens with zero attached hydrogens (tertiary/aromatic N) is 2. The summed E-state index contributed by atoms with van der Waals surface area (Å²) in [5.41, 5.74) is 3.01. The maximum absolute atomic E-state index is 14.1. The number of amides is 2. The number of anilines is 1. The monoisotopic (exact) mass is 595 g/mol. The number of sulfonamides is 1. The molecule has 0 heterocycles. The second kappa shape index (κ2) is 13.5. The normalized spacial score (nSPS) is 14.7. The number of hydrogen-bond acceptors (Lipinski definition) is 4. The van der Waals surface area contributed by atoms with Gasteiger partial charge in [-0.05, 0) is 63.4 Å². The lowest BCUT2D eigenvalue weighted by Crippen LogP contribution is -2.53. The first-order valence-electron chi connectivity index (χ1n) is 14.1. The van der Waals surface area contributed by atoms with E-state index in [1.165, 1.54) is 17.0 Å². The Hall–Kier alpha value is -3.36. The molecule has 218 valence electrons. The van der Waals surface area contributed by atoms with Crippen molar-refractivity contribution >= 4 is 39.1 Å². The van der Waals surface area contributed by atoms with Crippen LogP contribution in [-0.4, -0.2) is 43.8 Å². The summed E-state index contributed by atoms with van der Waals surface area (Å²) < 4.78 is 28.9. The zero-order valence-corrected chi connectivity index (χ0v) is 25.4. The van der Waals surface area contributed by atoms with E-state index in [1.54, 1.807) is 43.3 Å². The number of benzene rings is 3. The number of nitrogens with one attached hydrogen (secondary N) is 1. The first kappa shape index (κ1) is 30.6. The zero-order valence-electron chi connectivity index (χ0n) is 23.8. The van der Waals surface area contributed by atoms with Crippen LogP contribution in [0, 0.1) is 13.8 Å². The van der Waals surface area contributed by atoms with E-state index in [-0.39, 0.29) is 34.1 Å². The molecule has 1 aliphatic rings. The molecule has 0 saturated heterocycles. The minimum Gasteiger partial charge on any atom is -0.352 e. The lowest BCUT2D eigenvalue weighted by Gasteiger charge is -2.33. The van der Waals surface area contributed by atoms with Crippen LogP contribution in [0.3, 0.4) is 0 Å². The summed E-state index contributed by atoms with van der Waals surface area (Å²) >= 11 is 6.47. The first-order valence-corrected chi connectivity index (χ1v) is 15.9. The molecule has 1 atom stereocenters. The van der Waals surface area contributed by atoms with E-state index in [4.69, 9.17) is 11.6 Å². The van der Waals surface area contributed by atoms with Crippen molar-refractivity contribution in [2.24, 2.45) is 0 Å². The van der Waals surface area contributed by atoms with Crippen LogP contribution in [0.4, 0.5) is 5.69 Å². The Labute approximate surface area is 248 Å². The fourth-order valence-electron chi connectivity index (χ4n) is 5.05. The highest BCUT2D eigenvalue weighted by molar-refractivity contribution is 7.92. The van der Waals surface area contributed by atoms with Crippen molar-refractivity contribution in [3.05, 3.63) is 94.5 Å². The maximum atomic E-state index is 14.1. The molecule has 0 radical (unpaired) electrons. The van der Waals surface area contributed by atoms with Gasteiger partial charge in [-0.1, -0.05) is 90.5 Å². The van der Waals surface area contributed by atoms with Crippen LogP contribution >= 0.6 is 11.6 Å². The summed E-state index contributed by atoms with van der Waals surface area (Å²) in [6, 6.07) is 20.0. The third-order valence-electron chi connectivity index (χ3n) is 7.60. The lowest BCUT2D eigenvalue weighted by molar-refractivity contribution is -0.139. The maximum Gasteiger partial charge on any atom is 0.264 e. The Morgan fingerprint density at radius 1 is 0.902 bits per heavy atom. The molecule has 0 unspecified atom stereocenters. The predicted molar refractivity (Wildman–Crippen MR) is 163 cm³/mol. The van der Waals surface area contributed by atoms with Crippen molar-refractivity contribution in [1.82, 2.24) is 10.2 Å². The van der Waals surface area contributed by atoms with Crippen LogP contribution in [0.25, 0.3) is 0 Å². The van der Waals surface area contributed by atoms with Gasteiger partial charge >= 0.3 is 0 Å². The van der Waals surface area contributed by atoms with Crippen molar-refractivity contribution in [3.63, 3.8) is 0 Å². The molecule has 41 heavy (non-hydrogen) atoms. The quantitative estimate of drug-likeness (QED) is 0.311. The largest absolute Gasteiger partial charge is 0.352 e. The van der Waals surface area contributed by atoms with Crippen LogP contribution < -0.4 is 9.62 Å². The Bertz CT molecular complexity index is 1450. The molecular weight excluding hydrogens is 558 g/mol. The fourth-order valence-corrected chi connectivity index (χ4v) is 6.77. The molecule has 0 aliphatic heterocycles. The molecule has 9 heteroatoms. The first-order chi connectivity index (χ1) is 19.6. The summed E-state index contributed by atoms with van der Waals surface area (Å²) in [5.74, 6) is -0.754. The van der Waals surface area contributed by atoms with Gasteiger partial charge in [0.1, 0.15) is 12.6 Å². The van der Waals surface area contributed by atoms with E-state index in [1.807, 2.05) is 38.1 Å². The van der Waals surface area contributed by atoms with E-state index in [9.17, 15) is 18.0 Å². The topological polar surface area (TPSA) is 86.8 Å². The molecule has 1 saturated carbocycles. The second-order valence-electron chi connectivity index (χ2n) is 10.8. The highest BCUT2D eigenvalue weighted by Crippen LogP contribution is 2.31. The van der Waals surface area contributed by atoms with E-state index in [2.05, 4.69) is 5.32 Å². The van der Waals surface area contributed by atoms with Gasteiger partial charge in [0.25, 0.3) is 10.0 Å². The van der Waals surface area contributed by atoms with Gasteiger partial charge in [-0.25, -0.2) is 8.42 Å². The van der Waals surface area contributed by atoms with Gasteiger partial charge in [0.15, 0.2) is 0 Å². The van der Waals surface area contributed by atoms with E-state index < -0.39 is 28.5 Å². The molecule has 3 aromatic carbocycles. The Kier molecular flexibility index (Phi) is 10.1. The third kappa shape index (κ3) is 7.68. The summed E-state index contributed by atoms with van der Waals surface area (Å²) in [4.78, 5) is 29.0. The van der Waals surface area contributed by atoms with Crippen LogP contribution in [0.1, 0.15) is 55.7 Å². The second-order valence-corrected chi connectivity index (χ2v) is 13.1. The van der Waals surface area contributed by atoms with Crippen molar-refractivity contribution in [2.75, 3.05) is 10.8 Å². The van der Waals surface area contributed by atoms with Crippen LogP contribution in [-0.2, 0) is 26.2 Å². The molecule has 1 fully saturated rings. The molecule has 1 aliphatic carbocycles. The summed E-state index contributed by atoms with van der Waals surface area (Å²) in [5, 5.41) is 3.32. The van der Waals surface area contributed by atoms with Gasteiger partial charge in [-0.3, -0.25) is 13.9 Å². The van der Waals surface area contributed by atoms with Gasteiger partial charge in [0, 0.05) is 12.6 Å². The van der Waals surface area contributed by atoms with Crippen molar-refractivity contribution in [3.8, 4) is 0 Å². The van der Waals surface area contributed by atoms with Crippen molar-refractivity contribution < 1.29 is 18.0 Å². The van der Waals surface area contributed by atoms with Crippen molar-refractivity contribution in [2.45, 2.75) is 76.4 Å². The fraction of sp³-hybridized carbons (Fsp3) is 0.375. The standard InChI is InChI=1S/C32H38ClN3O4S/c1-23-13-17-26(18-14-23)21-35(25(3)32(38)34-27-9-5-4-6-10-27)31(37)22-36(30-12-8-7-11-29(30)33)41(39,40)28-19-15-24(2)16-20-28/h7-8,11-20,25,27H,4-6,9-10,21-22H2,1-3H3,(H,34,38)/t25-/m1/s1. The minimum atomic E-state index is -4.17. The Balaban J connectivity index is 1.68. The van der Waals surface area contributed by atoms with Gasteiger partial charge in [0.2, 0.25) is 11.8 Å². The molecule has 7 nitrogen and oxygen atoms in total. The van der Waals surface area contributed by atoms with E-state index >= 15 is 0 Å². The van der Waals surface area contributed by atoms with Crippen LogP contribution in [0.15, 0.2) is 77.7 Å². The number of aryl methyl sites for hydroxylation is 2. The molecule has 0 spiro atoms. The number of hydrogen-bond donors (Lipinski definition) is 1. The highest BCUT2D eigenvalue weighted by Gasteiger charge is 2.34. The van der Waals surface area contributed by atoms with Gasteiger partial charge in [0.05, 0.1) is 15.6 Å². The van der Waals surface area contributed by atoms with E-state index in [0.29, 0.717) is 0 Å². The highest BCUT2D eigenvalue weighted by atomic mass is 35.5. The number of halogens is 1. The number of rotatable bonds is 10. The SMILES string of the molecule is Cc1ccc(CN(C(=O)CN(c2ccccc2Cl)S(=O)(=O)c2ccc(C)cc2)[C@H](C)C(=O)NC2CCCCC2)cc1. The zero-order chi connectivity index (χ0) is 29.6. The summed E-state index contributed by atoms with van der Waals surface area (Å²) in [6.07, 6.45) is 5.12. The van der Waals surface area contributed by atoms with Gasteiger partial charge < -0.3 is 10.2 Å². The van der Waals surface area contributed by atoms with Gasteiger partial charge in [-0.2, -0.15) is 0 Å². The predicted octanol–water partition coefficient (Wildman–Crippen LogP) is 6.02. The van der Waals surface area contributed by atoms with Crippen LogP contribution in [0.5, 0.6) is 0 Å². The molecule has 0 bridgehead atoms. The molecular formula is C32H38ClN3O4S. The average molecular weight is 596 g/mol. The molecule has 1 N–H and O–H groups in total. The van der Waals surface area contributed by atoms with Gasteiger partial charge in [-0.15, -0.1) is 0 Å². The molecule has 0 aromatic heterocycles. The molecule has 3 aromatic rings. The van der Waals surface area contributed by atoms with Crippen molar-refractivity contribution in [1.29, 1.82) is 0 Å². The van der Waals surface area contributed by atoms with Crippen LogP contribution in [0.2, 0.25) is 5.02 Å². The number of carbonyl (C=O) groups is 2. The Morgan fingerprint density at radius 2 is 1.49 bits per heavy atom. The lowest BCUT2D eigenvalue weighted by atomic mass is 9.95. The van der Waals surface area contributed by atoms with E-state index in [0.717, 1.165) is 53.1 Å².